The molecule has 0 saturated heterocycles. The standard InChI is InChI=1S/C17H25BrN2/c1-2-20(13-8-6-12(19)7-9-13)17-11-10-14-15(17)4-3-5-16(14)18/h3-5,12-13,17H,2,6-11,19H2,1H3. The monoisotopic (exact) mass is 336 g/mol. The van der Waals surface area contributed by atoms with E-state index in [4.69, 9.17) is 5.73 Å². The molecule has 2 aliphatic rings. The smallest absolute Gasteiger partial charge is 0.0357 e. The molecule has 1 fully saturated rings. The van der Waals surface area contributed by atoms with Crippen LogP contribution in [-0.2, 0) is 6.42 Å². The summed E-state index contributed by atoms with van der Waals surface area (Å²) in [6.07, 6.45) is 7.42. The topological polar surface area (TPSA) is 29.3 Å². The Balaban J connectivity index is 1.80. The molecule has 0 spiro atoms. The van der Waals surface area contributed by atoms with Crippen LogP contribution in [0.3, 0.4) is 0 Å². The second kappa shape index (κ2) is 6.17. The predicted molar refractivity (Wildman–Crippen MR) is 87.8 cm³/mol. The van der Waals surface area contributed by atoms with Crippen molar-refractivity contribution in [3.05, 3.63) is 33.8 Å². The van der Waals surface area contributed by atoms with E-state index in [9.17, 15) is 0 Å². The molecule has 1 unspecified atom stereocenters. The minimum Gasteiger partial charge on any atom is -0.328 e. The summed E-state index contributed by atoms with van der Waals surface area (Å²) in [5.74, 6) is 0. The quantitative estimate of drug-likeness (QED) is 0.902. The molecule has 20 heavy (non-hydrogen) atoms. The first-order chi connectivity index (χ1) is 9.70. The lowest BCUT2D eigenvalue weighted by Gasteiger charge is -2.39. The van der Waals surface area contributed by atoms with Crippen LogP contribution in [0.2, 0.25) is 0 Å². The van der Waals surface area contributed by atoms with Crippen molar-refractivity contribution < 1.29 is 0 Å². The van der Waals surface area contributed by atoms with Crippen molar-refractivity contribution in [3.8, 4) is 0 Å². The van der Waals surface area contributed by atoms with Gasteiger partial charge in [0.15, 0.2) is 0 Å². The second-order valence-corrected chi connectivity index (χ2v) is 7.12. The number of hydrogen-bond donors (Lipinski definition) is 1. The zero-order chi connectivity index (χ0) is 14.1. The number of benzene rings is 1. The highest BCUT2D eigenvalue weighted by atomic mass is 79.9. The fourth-order valence-corrected chi connectivity index (χ4v) is 4.68. The molecule has 1 aromatic rings. The fourth-order valence-electron chi connectivity index (χ4n) is 4.10. The zero-order valence-corrected chi connectivity index (χ0v) is 13.9. The summed E-state index contributed by atoms with van der Waals surface area (Å²) in [5.41, 5.74) is 9.15. The molecule has 2 aliphatic carbocycles. The van der Waals surface area contributed by atoms with Gasteiger partial charge in [-0.05, 0) is 62.3 Å². The van der Waals surface area contributed by atoms with E-state index in [0.29, 0.717) is 12.1 Å². The third-order valence-corrected chi connectivity index (χ3v) is 5.90. The zero-order valence-electron chi connectivity index (χ0n) is 12.3. The summed E-state index contributed by atoms with van der Waals surface area (Å²) in [7, 11) is 0. The molecule has 110 valence electrons. The maximum Gasteiger partial charge on any atom is 0.0357 e. The minimum atomic E-state index is 0.440. The van der Waals surface area contributed by atoms with Crippen LogP contribution in [-0.4, -0.2) is 23.5 Å². The van der Waals surface area contributed by atoms with Gasteiger partial charge < -0.3 is 5.73 Å². The summed E-state index contributed by atoms with van der Waals surface area (Å²) in [4.78, 5) is 2.74. The lowest BCUT2D eigenvalue weighted by Crippen LogP contribution is -2.42. The number of halogens is 1. The maximum atomic E-state index is 6.06. The average molecular weight is 337 g/mol. The van der Waals surface area contributed by atoms with Crippen LogP contribution in [0.15, 0.2) is 22.7 Å². The van der Waals surface area contributed by atoms with Crippen molar-refractivity contribution >= 4 is 15.9 Å². The summed E-state index contributed by atoms with van der Waals surface area (Å²) in [6.45, 7) is 3.46. The van der Waals surface area contributed by atoms with Gasteiger partial charge in [-0.15, -0.1) is 0 Å². The minimum absolute atomic E-state index is 0.440. The van der Waals surface area contributed by atoms with Crippen molar-refractivity contribution in [2.75, 3.05) is 6.54 Å². The van der Waals surface area contributed by atoms with Crippen LogP contribution >= 0.6 is 15.9 Å². The van der Waals surface area contributed by atoms with Crippen LogP contribution in [0.4, 0.5) is 0 Å². The van der Waals surface area contributed by atoms with Crippen molar-refractivity contribution in [3.63, 3.8) is 0 Å². The van der Waals surface area contributed by atoms with Gasteiger partial charge in [0.1, 0.15) is 0 Å². The Labute approximate surface area is 130 Å². The number of nitrogens with zero attached hydrogens (tertiary/aromatic N) is 1. The van der Waals surface area contributed by atoms with E-state index in [1.807, 2.05) is 0 Å². The van der Waals surface area contributed by atoms with E-state index in [0.717, 1.165) is 12.6 Å². The third-order valence-electron chi connectivity index (χ3n) is 5.16. The number of nitrogens with two attached hydrogens (primary N) is 1. The Hall–Kier alpha value is -0.380. The summed E-state index contributed by atoms with van der Waals surface area (Å²) in [5, 5.41) is 0. The SMILES string of the molecule is CCN(C1CCC(N)CC1)C1CCc2c(Br)cccc21. The summed E-state index contributed by atoms with van der Waals surface area (Å²) in [6, 6.07) is 8.48. The van der Waals surface area contributed by atoms with Crippen molar-refractivity contribution in [2.24, 2.45) is 5.73 Å². The van der Waals surface area contributed by atoms with E-state index in [1.54, 1.807) is 5.56 Å². The molecule has 1 aromatic carbocycles. The van der Waals surface area contributed by atoms with Crippen LogP contribution in [0.5, 0.6) is 0 Å². The van der Waals surface area contributed by atoms with Crippen LogP contribution in [0.25, 0.3) is 0 Å². The van der Waals surface area contributed by atoms with E-state index in [-0.39, 0.29) is 0 Å². The molecular formula is C17H25BrN2. The van der Waals surface area contributed by atoms with Crippen LogP contribution < -0.4 is 5.73 Å². The van der Waals surface area contributed by atoms with Gasteiger partial charge in [-0.2, -0.15) is 0 Å². The Morgan fingerprint density at radius 3 is 2.65 bits per heavy atom. The molecular weight excluding hydrogens is 312 g/mol. The lowest BCUT2D eigenvalue weighted by atomic mass is 9.89. The first kappa shape index (κ1) is 14.6. The Morgan fingerprint density at radius 2 is 1.95 bits per heavy atom. The van der Waals surface area contributed by atoms with E-state index < -0.39 is 0 Å². The highest BCUT2D eigenvalue weighted by Crippen LogP contribution is 2.41. The predicted octanol–water partition coefficient (Wildman–Crippen LogP) is 4.03. The molecule has 2 N–H and O–H groups in total. The van der Waals surface area contributed by atoms with Crippen molar-refractivity contribution in [2.45, 2.75) is 63.6 Å². The Bertz CT molecular complexity index is 466. The van der Waals surface area contributed by atoms with Gasteiger partial charge in [0.05, 0.1) is 0 Å². The molecule has 0 amide bonds. The number of fused-ring (bicyclic) bond motifs is 1. The van der Waals surface area contributed by atoms with Gasteiger partial charge in [-0.3, -0.25) is 4.90 Å². The molecule has 0 heterocycles. The molecule has 0 radical (unpaired) electrons. The van der Waals surface area contributed by atoms with Gasteiger partial charge >= 0.3 is 0 Å². The van der Waals surface area contributed by atoms with Crippen molar-refractivity contribution in [1.29, 1.82) is 0 Å². The summed E-state index contributed by atoms with van der Waals surface area (Å²) < 4.78 is 1.29. The van der Waals surface area contributed by atoms with Gasteiger partial charge in [-0.1, -0.05) is 35.0 Å². The van der Waals surface area contributed by atoms with E-state index >= 15 is 0 Å². The summed E-state index contributed by atoms with van der Waals surface area (Å²) >= 11 is 3.71. The first-order valence-electron chi connectivity index (χ1n) is 7.99. The molecule has 1 atom stereocenters. The Kier molecular flexibility index (Phi) is 4.49. The molecule has 0 aromatic heterocycles. The maximum absolute atomic E-state index is 6.06. The van der Waals surface area contributed by atoms with Gasteiger partial charge in [0.2, 0.25) is 0 Å². The average Bonchev–Trinajstić information content (AvgIpc) is 2.87. The first-order valence-corrected chi connectivity index (χ1v) is 8.78. The fraction of sp³-hybridized carbons (Fsp3) is 0.647. The van der Waals surface area contributed by atoms with Gasteiger partial charge in [-0.25, -0.2) is 0 Å². The molecule has 2 nitrogen and oxygen atoms in total. The molecule has 3 heteroatoms. The van der Waals surface area contributed by atoms with Gasteiger partial charge in [0.25, 0.3) is 0 Å². The van der Waals surface area contributed by atoms with Crippen LogP contribution in [0, 0.1) is 0 Å². The third kappa shape index (κ3) is 2.68. The lowest BCUT2D eigenvalue weighted by molar-refractivity contribution is 0.106. The second-order valence-electron chi connectivity index (χ2n) is 6.26. The Morgan fingerprint density at radius 1 is 1.20 bits per heavy atom. The highest BCUT2D eigenvalue weighted by molar-refractivity contribution is 9.10. The number of hydrogen-bond acceptors (Lipinski definition) is 2. The van der Waals surface area contributed by atoms with Crippen LogP contribution in [0.1, 0.15) is 56.2 Å². The molecule has 1 saturated carbocycles. The van der Waals surface area contributed by atoms with Crippen molar-refractivity contribution in [1.82, 2.24) is 4.90 Å². The molecule has 0 aliphatic heterocycles. The van der Waals surface area contributed by atoms with E-state index in [1.165, 1.54) is 48.6 Å². The molecule has 3 rings (SSSR count). The van der Waals surface area contributed by atoms with E-state index in [2.05, 4.69) is 46.0 Å². The van der Waals surface area contributed by atoms with Gasteiger partial charge in [0, 0.05) is 22.6 Å². The molecule has 0 bridgehead atoms. The number of rotatable bonds is 3. The highest BCUT2D eigenvalue weighted by Gasteiger charge is 2.33. The largest absolute Gasteiger partial charge is 0.328 e. The normalized spacial score (nSPS) is 29.7.